The summed E-state index contributed by atoms with van der Waals surface area (Å²) in [6, 6.07) is 20.4. The second-order valence-corrected chi connectivity index (χ2v) is 9.05. The van der Waals surface area contributed by atoms with Gasteiger partial charge in [0.2, 0.25) is 11.8 Å². The van der Waals surface area contributed by atoms with E-state index < -0.39 is 0 Å². The number of aromatic nitrogens is 1. The van der Waals surface area contributed by atoms with Crippen molar-refractivity contribution in [1.29, 1.82) is 0 Å². The number of amides is 1. The number of carbonyl (C=O) groups is 1. The summed E-state index contributed by atoms with van der Waals surface area (Å²) < 4.78 is 11.3. The molecule has 180 valence electrons. The van der Waals surface area contributed by atoms with Gasteiger partial charge in [-0.1, -0.05) is 85.1 Å². The van der Waals surface area contributed by atoms with E-state index in [-0.39, 0.29) is 5.91 Å². The minimum atomic E-state index is 0.0646. The quantitative estimate of drug-likeness (QED) is 0.409. The van der Waals surface area contributed by atoms with Gasteiger partial charge in [0.1, 0.15) is 5.69 Å². The Balaban J connectivity index is 1.65. The van der Waals surface area contributed by atoms with Gasteiger partial charge in [0.25, 0.3) is 0 Å². The summed E-state index contributed by atoms with van der Waals surface area (Å²) in [6.07, 6.45) is 6.42. The van der Waals surface area contributed by atoms with Crippen molar-refractivity contribution in [2.75, 3.05) is 32.2 Å². The third kappa shape index (κ3) is 5.86. The van der Waals surface area contributed by atoms with Gasteiger partial charge >= 0.3 is 0 Å². The predicted octanol–water partition coefficient (Wildman–Crippen LogP) is 5.33. The van der Waals surface area contributed by atoms with Crippen LogP contribution in [0.25, 0.3) is 11.3 Å². The third-order valence-electron chi connectivity index (χ3n) is 6.72. The predicted molar refractivity (Wildman–Crippen MR) is 135 cm³/mol. The number of benzene rings is 2. The van der Waals surface area contributed by atoms with Crippen molar-refractivity contribution in [3.8, 4) is 11.3 Å². The molecule has 0 unspecified atom stereocenters. The van der Waals surface area contributed by atoms with Crippen LogP contribution in [0.1, 0.15) is 43.2 Å². The Labute approximate surface area is 202 Å². The van der Waals surface area contributed by atoms with Crippen LogP contribution in [0.4, 0.5) is 5.88 Å². The Morgan fingerprint density at radius 1 is 1.03 bits per heavy atom. The molecule has 0 radical (unpaired) electrons. The van der Waals surface area contributed by atoms with Gasteiger partial charge in [-0.15, -0.1) is 0 Å². The molecule has 1 aromatic heterocycles. The number of hydrogen-bond acceptors (Lipinski definition) is 5. The molecule has 0 saturated heterocycles. The highest BCUT2D eigenvalue weighted by Crippen LogP contribution is 2.35. The van der Waals surface area contributed by atoms with Crippen LogP contribution < -0.4 is 4.90 Å². The van der Waals surface area contributed by atoms with E-state index in [1.807, 2.05) is 65.6 Å². The standard InChI is InChI=1S/C28H35N3O3/c1-30(24-16-10-5-11-17-24)28-25(27(29-34-28)23-14-8-4-9-15-23)21-31(18-19-33-2)26(32)20-22-12-6-3-7-13-22/h3-4,6-9,12-15,24H,5,10-11,16-21H2,1-2H3. The largest absolute Gasteiger partial charge is 0.383 e. The van der Waals surface area contributed by atoms with Crippen molar-refractivity contribution in [1.82, 2.24) is 10.1 Å². The van der Waals surface area contributed by atoms with Crippen molar-refractivity contribution >= 4 is 11.8 Å². The van der Waals surface area contributed by atoms with Crippen LogP contribution in [0.2, 0.25) is 0 Å². The van der Waals surface area contributed by atoms with Gasteiger partial charge in [-0.05, 0) is 18.4 Å². The lowest BCUT2D eigenvalue weighted by Crippen LogP contribution is -2.37. The normalized spacial score (nSPS) is 14.2. The molecule has 1 saturated carbocycles. The second kappa shape index (κ2) is 11.8. The molecule has 3 aromatic rings. The lowest BCUT2D eigenvalue weighted by Gasteiger charge is -2.32. The first-order valence-electron chi connectivity index (χ1n) is 12.2. The van der Waals surface area contributed by atoms with Crippen LogP contribution in [0.15, 0.2) is 65.2 Å². The van der Waals surface area contributed by atoms with Crippen LogP contribution in [0, 0.1) is 0 Å². The summed E-state index contributed by atoms with van der Waals surface area (Å²) in [6.45, 7) is 1.41. The Morgan fingerprint density at radius 3 is 2.38 bits per heavy atom. The number of ether oxygens (including phenoxy) is 1. The number of anilines is 1. The molecule has 4 rings (SSSR count). The fourth-order valence-corrected chi connectivity index (χ4v) is 4.74. The van der Waals surface area contributed by atoms with E-state index in [9.17, 15) is 4.79 Å². The van der Waals surface area contributed by atoms with Crippen molar-refractivity contribution in [3.05, 3.63) is 71.8 Å². The molecule has 1 heterocycles. The zero-order chi connectivity index (χ0) is 23.8. The molecule has 0 atom stereocenters. The summed E-state index contributed by atoms with van der Waals surface area (Å²) in [7, 11) is 3.76. The number of methoxy groups -OCH3 is 1. The SMILES string of the molecule is COCCN(Cc1c(-c2ccccc2)noc1N(C)C1CCCCC1)C(=O)Cc1ccccc1. The molecule has 1 aliphatic carbocycles. The Kier molecular flexibility index (Phi) is 8.36. The van der Waals surface area contributed by atoms with Crippen LogP contribution in [-0.4, -0.2) is 49.3 Å². The molecule has 0 N–H and O–H groups in total. The minimum absolute atomic E-state index is 0.0646. The first-order chi connectivity index (χ1) is 16.7. The van der Waals surface area contributed by atoms with Gasteiger partial charge in [-0.3, -0.25) is 4.79 Å². The number of hydrogen-bond donors (Lipinski definition) is 0. The maximum absolute atomic E-state index is 13.4. The van der Waals surface area contributed by atoms with Gasteiger partial charge in [0.05, 0.1) is 25.1 Å². The fourth-order valence-electron chi connectivity index (χ4n) is 4.74. The number of rotatable bonds is 10. The average Bonchev–Trinajstić information content (AvgIpc) is 3.31. The zero-order valence-corrected chi connectivity index (χ0v) is 20.3. The highest BCUT2D eigenvalue weighted by Gasteiger charge is 2.28. The Bertz CT molecular complexity index is 1030. The fraction of sp³-hybridized carbons (Fsp3) is 0.429. The molecule has 6 nitrogen and oxygen atoms in total. The summed E-state index contributed by atoms with van der Waals surface area (Å²) in [5, 5.41) is 4.49. The van der Waals surface area contributed by atoms with Gasteiger partial charge in [-0.2, -0.15) is 0 Å². The first kappa shape index (κ1) is 24.0. The summed E-state index contributed by atoms with van der Waals surface area (Å²) in [4.78, 5) is 17.5. The van der Waals surface area contributed by atoms with E-state index in [1.165, 1.54) is 19.3 Å². The molecule has 6 heteroatoms. The molecule has 34 heavy (non-hydrogen) atoms. The van der Waals surface area contributed by atoms with Gasteiger partial charge in [-0.25, -0.2) is 0 Å². The lowest BCUT2D eigenvalue weighted by atomic mass is 9.94. The molecule has 0 spiro atoms. The lowest BCUT2D eigenvalue weighted by molar-refractivity contribution is -0.131. The van der Waals surface area contributed by atoms with Crippen LogP contribution >= 0.6 is 0 Å². The highest BCUT2D eigenvalue weighted by atomic mass is 16.5. The molecule has 0 bridgehead atoms. The first-order valence-corrected chi connectivity index (χ1v) is 12.2. The van der Waals surface area contributed by atoms with Gasteiger partial charge in [0, 0.05) is 32.3 Å². The van der Waals surface area contributed by atoms with E-state index in [4.69, 9.17) is 9.26 Å². The molecular weight excluding hydrogens is 426 g/mol. The molecular formula is C28H35N3O3. The smallest absolute Gasteiger partial charge is 0.232 e. The second-order valence-electron chi connectivity index (χ2n) is 9.05. The minimum Gasteiger partial charge on any atom is -0.383 e. The van der Waals surface area contributed by atoms with Crippen molar-refractivity contribution in [2.45, 2.75) is 51.1 Å². The topological polar surface area (TPSA) is 58.8 Å². The van der Waals surface area contributed by atoms with E-state index >= 15 is 0 Å². The summed E-state index contributed by atoms with van der Waals surface area (Å²) in [5.41, 5.74) is 3.75. The molecule has 1 aliphatic rings. The summed E-state index contributed by atoms with van der Waals surface area (Å²) >= 11 is 0. The number of nitrogens with zero attached hydrogens (tertiary/aromatic N) is 3. The van der Waals surface area contributed by atoms with Crippen molar-refractivity contribution < 1.29 is 14.1 Å². The third-order valence-corrected chi connectivity index (χ3v) is 6.72. The van der Waals surface area contributed by atoms with Gasteiger partial charge < -0.3 is 19.1 Å². The Morgan fingerprint density at radius 2 is 1.71 bits per heavy atom. The molecule has 2 aromatic carbocycles. The molecule has 1 amide bonds. The van der Waals surface area contributed by atoms with E-state index in [0.717, 1.165) is 41.1 Å². The van der Waals surface area contributed by atoms with Crippen LogP contribution in [0.3, 0.4) is 0 Å². The van der Waals surface area contributed by atoms with Crippen molar-refractivity contribution in [3.63, 3.8) is 0 Å². The monoisotopic (exact) mass is 461 g/mol. The van der Waals surface area contributed by atoms with Crippen LogP contribution in [-0.2, 0) is 22.5 Å². The maximum Gasteiger partial charge on any atom is 0.232 e. The summed E-state index contributed by atoms with van der Waals surface area (Å²) in [5.74, 6) is 0.829. The molecule has 0 aliphatic heterocycles. The average molecular weight is 462 g/mol. The van der Waals surface area contributed by atoms with Crippen molar-refractivity contribution in [2.24, 2.45) is 0 Å². The van der Waals surface area contributed by atoms with Crippen LogP contribution in [0.5, 0.6) is 0 Å². The highest BCUT2D eigenvalue weighted by molar-refractivity contribution is 5.79. The Hall–Kier alpha value is -3.12. The van der Waals surface area contributed by atoms with E-state index in [1.54, 1.807) is 7.11 Å². The zero-order valence-electron chi connectivity index (χ0n) is 20.3. The number of carbonyl (C=O) groups excluding carboxylic acids is 1. The van der Waals surface area contributed by atoms with E-state index in [2.05, 4.69) is 17.1 Å². The van der Waals surface area contributed by atoms with Gasteiger partial charge in [0.15, 0.2) is 0 Å². The molecule has 1 fully saturated rings. The maximum atomic E-state index is 13.4. The van der Waals surface area contributed by atoms with E-state index in [0.29, 0.717) is 32.2 Å².